The molecule has 4 nitrogen and oxygen atoms in total. The van der Waals surface area contributed by atoms with Crippen molar-refractivity contribution in [1.82, 2.24) is 15.2 Å². The van der Waals surface area contributed by atoms with Gasteiger partial charge in [-0.2, -0.15) is 0 Å². The first kappa shape index (κ1) is 12.7. The molecule has 1 aromatic heterocycles. The minimum atomic E-state index is -0.285. The summed E-state index contributed by atoms with van der Waals surface area (Å²) in [5, 5.41) is 4.66. The number of aromatic nitrogens is 1. The fraction of sp³-hybridized carbons (Fsp3) is 0.467. The smallest absolute Gasteiger partial charge is 0.0701 e. The van der Waals surface area contributed by atoms with E-state index in [2.05, 4.69) is 52.6 Å². The van der Waals surface area contributed by atoms with Gasteiger partial charge in [0.2, 0.25) is 0 Å². The number of fused-ring (bicyclic) bond motifs is 1. The minimum absolute atomic E-state index is 0.285. The molecule has 1 unspecified atom stereocenters. The number of benzene rings is 1. The van der Waals surface area contributed by atoms with Gasteiger partial charge in [0.05, 0.1) is 5.66 Å². The summed E-state index contributed by atoms with van der Waals surface area (Å²) in [5.74, 6) is 0. The van der Waals surface area contributed by atoms with Crippen LogP contribution in [-0.2, 0) is 6.42 Å². The van der Waals surface area contributed by atoms with E-state index >= 15 is 0 Å². The number of piperazine rings is 1. The van der Waals surface area contributed by atoms with Crippen LogP contribution >= 0.6 is 0 Å². The van der Waals surface area contributed by atoms with Gasteiger partial charge in [-0.1, -0.05) is 18.2 Å². The summed E-state index contributed by atoms with van der Waals surface area (Å²) in [7, 11) is 0. The van der Waals surface area contributed by atoms with Crippen LogP contribution < -0.4 is 11.1 Å². The quantitative estimate of drug-likeness (QED) is 0.777. The Morgan fingerprint density at radius 1 is 1.26 bits per heavy atom. The lowest BCUT2D eigenvalue weighted by molar-refractivity contribution is 0.0935. The molecule has 102 valence electrons. The zero-order valence-corrected chi connectivity index (χ0v) is 11.4. The molecule has 19 heavy (non-hydrogen) atoms. The summed E-state index contributed by atoms with van der Waals surface area (Å²) < 4.78 is 0. The third-order valence-corrected chi connectivity index (χ3v) is 4.06. The average molecular weight is 258 g/mol. The van der Waals surface area contributed by atoms with Gasteiger partial charge in [-0.05, 0) is 18.6 Å². The number of H-pyrrole nitrogens is 1. The van der Waals surface area contributed by atoms with Crippen molar-refractivity contribution in [3.05, 3.63) is 36.0 Å². The van der Waals surface area contributed by atoms with Crippen molar-refractivity contribution >= 4 is 10.9 Å². The molecule has 0 saturated carbocycles. The molecule has 4 N–H and O–H groups in total. The Bertz CT molecular complexity index is 552. The number of aromatic amines is 1. The largest absolute Gasteiger partial charge is 0.361 e. The molecule has 0 bridgehead atoms. The molecule has 1 aliphatic heterocycles. The maximum atomic E-state index is 6.56. The molecule has 1 saturated heterocycles. The van der Waals surface area contributed by atoms with Crippen molar-refractivity contribution in [2.75, 3.05) is 26.2 Å². The van der Waals surface area contributed by atoms with Gasteiger partial charge in [0.1, 0.15) is 0 Å². The van der Waals surface area contributed by atoms with Crippen LogP contribution in [0.25, 0.3) is 10.9 Å². The Morgan fingerprint density at radius 3 is 2.79 bits per heavy atom. The van der Waals surface area contributed by atoms with Crippen LogP contribution in [0.1, 0.15) is 12.5 Å². The van der Waals surface area contributed by atoms with E-state index in [1.807, 2.05) is 0 Å². The lowest BCUT2D eigenvalue weighted by atomic mass is 9.99. The molecule has 3 rings (SSSR count). The third-order valence-electron chi connectivity index (χ3n) is 4.06. The highest BCUT2D eigenvalue weighted by Gasteiger charge is 2.29. The molecule has 1 atom stereocenters. The van der Waals surface area contributed by atoms with Crippen molar-refractivity contribution in [2.24, 2.45) is 5.73 Å². The number of hydrogen-bond acceptors (Lipinski definition) is 3. The Hall–Kier alpha value is -1.36. The van der Waals surface area contributed by atoms with Crippen LogP contribution in [0.3, 0.4) is 0 Å². The molecule has 1 fully saturated rings. The first-order valence-electron chi connectivity index (χ1n) is 6.96. The van der Waals surface area contributed by atoms with Gasteiger partial charge in [0, 0.05) is 49.7 Å². The molecule has 0 spiro atoms. The zero-order valence-electron chi connectivity index (χ0n) is 11.4. The third kappa shape index (κ3) is 2.52. The minimum Gasteiger partial charge on any atom is -0.361 e. The molecule has 0 aliphatic carbocycles. The highest BCUT2D eigenvalue weighted by molar-refractivity contribution is 5.83. The number of rotatable bonds is 3. The maximum absolute atomic E-state index is 6.56. The van der Waals surface area contributed by atoms with Crippen LogP contribution in [0.2, 0.25) is 0 Å². The molecule has 0 amide bonds. The molecule has 1 aliphatic rings. The Morgan fingerprint density at radius 2 is 2.00 bits per heavy atom. The number of nitrogens with one attached hydrogen (secondary N) is 2. The van der Waals surface area contributed by atoms with E-state index < -0.39 is 0 Å². The second-order valence-electron chi connectivity index (χ2n) is 5.63. The van der Waals surface area contributed by atoms with Gasteiger partial charge in [-0.15, -0.1) is 0 Å². The summed E-state index contributed by atoms with van der Waals surface area (Å²) >= 11 is 0. The standard InChI is InChI=1S/C15H22N4/c1-15(16,19-8-6-17-7-9-19)10-12-11-18-14-5-3-2-4-13(12)14/h2-5,11,17-18H,6-10,16H2,1H3. The molecule has 4 heteroatoms. The highest BCUT2D eigenvalue weighted by atomic mass is 15.3. The van der Waals surface area contributed by atoms with Crippen molar-refractivity contribution < 1.29 is 0 Å². The van der Waals surface area contributed by atoms with Crippen molar-refractivity contribution in [3.8, 4) is 0 Å². The van der Waals surface area contributed by atoms with Crippen molar-refractivity contribution in [1.29, 1.82) is 0 Å². The van der Waals surface area contributed by atoms with Gasteiger partial charge in [0.25, 0.3) is 0 Å². The van der Waals surface area contributed by atoms with Crippen LogP contribution in [0, 0.1) is 0 Å². The number of hydrogen-bond donors (Lipinski definition) is 3. The molecule has 1 aromatic carbocycles. The number of nitrogens with zero attached hydrogens (tertiary/aromatic N) is 1. The lowest BCUT2D eigenvalue weighted by Gasteiger charge is -2.41. The lowest BCUT2D eigenvalue weighted by Crippen LogP contribution is -2.60. The highest BCUT2D eigenvalue weighted by Crippen LogP contribution is 2.23. The van der Waals surface area contributed by atoms with Gasteiger partial charge >= 0.3 is 0 Å². The van der Waals surface area contributed by atoms with Crippen molar-refractivity contribution in [3.63, 3.8) is 0 Å². The number of para-hydroxylation sites is 1. The van der Waals surface area contributed by atoms with Crippen LogP contribution in [-0.4, -0.2) is 41.7 Å². The van der Waals surface area contributed by atoms with Crippen molar-refractivity contribution in [2.45, 2.75) is 19.0 Å². The monoisotopic (exact) mass is 258 g/mol. The fourth-order valence-corrected chi connectivity index (χ4v) is 2.95. The van der Waals surface area contributed by atoms with E-state index in [0.29, 0.717) is 0 Å². The number of nitrogens with two attached hydrogens (primary N) is 1. The predicted octanol–water partition coefficient (Wildman–Crippen LogP) is 1.29. The van der Waals surface area contributed by atoms with E-state index in [0.717, 1.165) is 32.6 Å². The molecular formula is C15H22N4. The second-order valence-corrected chi connectivity index (χ2v) is 5.63. The fourth-order valence-electron chi connectivity index (χ4n) is 2.95. The van der Waals surface area contributed by atoms with E-state index in [-0.39, 0.29) is 5.66 Å². The zero-order chi connectivity index (χ0) is 13.3. The van der Waals surface area contributed by atoms with Gasteiger partial charge in [-0.25, -0.2) is 0 Å². The van der Waals surface area contributed by atoms with Crippen LogP contribution in [0.5, 0.6) is 0 Å². The summed E-state index contributed by atoms with van der Waals surface area (Å²) in [6.45, 7) is 6.24. The normalized spacial score (nSPS) is 20.5. The molecule has 0 radical (unpaired) electrons. The molecule has 2 heterocycles. The predicted molar refractivity (Wildman–Crippen MR) is 79.0 cm³/mol. The first-order valence-corrected chi connectivity index (χ1v) is 6.96. The van der Waals surface area contributed by atoms with Gasteiger partial charge < -0.3 is 16.0 Å². The Kier molecular flexibility index (Phi) is 3.31. The Balaban J connectivity index is 1.83. The topological polar surface area (TPSA) is 57.1 Å². The van der Waals surface area contributed by atoms with E-state index in [1.54, 1.807) is 0 Å². The van der Waals surface area contributed by atoms with E-state index in [9.17, 15) is 0 Å². The van der Waals surface area contributed by atoms with E-state index in [4.69, 9.17) is 5.73 Å². The van der Waals surface area contributed by atoms with Gasteiger partial charge in [0.15, 0.2) is 0 Å². The maximum Gasteiger partial charge on any atom is 0.0701 e. The van der Waals surface area contributed by atoms with E-state index in [1.165, 1.54) is 16.5 Å². The first-order chi connectivity index (χ1) is 9.17. The SMILES string of the molecule is CC(N)(Cc1c[nH]c2ccccc12)N1CCNCC1. The second kappa shape index (κ2) is 4.96. The summed E-state index contributed by atoms with van der Waals surface area (Å²) in [6.07, 6.45) is 2.97. The summed E-state index contributed by atoms with van der Waals surface area (Å²) in [6, 6.07) is 8.41. The van der Waals surface area contributed by atoms with Crippen LogP contribution in [0.4, 0.5) is 0 Å². The Labute approximate surface area is 114 Å². The average Bonchev–Trinajstić information content (AvgIpc) is 2.83. The van der Waals surface area contributed by atoms with Gasteiger partial charge in [-0.3, -0.25) is 4.90 Å². The summed E-state index contributed by atoms with van der Waals surface area (Å²) in [5.41, 5.74) is 8.77. The molecular weight excluding hydrogens is 236 g/mol. The summed E-state index contributed by atoms with van der Waals surface area (Å²) in [4.78, 5) is 5.71. The van der Waals surface area contributed by atoms with Crippen LogP contribution in [0.15, 0.2) is 30.5 Å². The molecule has 2 aromatic rings.